The summed E-state index contributed by atoms with van der Waals surface area (Å²) < 4.78 is 38.1. The molecule has 2 heterocycles. The highest BCUT2D eigenvalue weighted by molar-refractivity contribution is 5.90. The zero-order chi connectivity index (χ0) is 21.6. The summed E-state index contributed by atoms with van der Waals surface area (Å²) in [5.41, 5.74) is 0.729. The Hall–Kier alpha value is -4.07. The number of hydrogen-bond acceptors (Lipinski definition) is 5. The van der Waals surface area contributed by atoms with E-state index in [1.165, 1.54) is 12.3 Å². The standard InChI is InChI=1S/C23H17F2N3O3/c24-15-1-6-19(20(25)13-15)21-14-27-23(31-21)8-7-22(29)28-16-2-4-17(5-3-16)30-18-9-11-26-12-10-18/h1-6,9-14H,7-8H2,(H,28,29). The van der Waals surface area contributed by atoms with Crippen molar-refractivity contribution in [1.82, 2.24) is 9.97 Å². The molecule has 1 N–H and O–H groups in total. The summed E-state index contributed by atoms with van der Waals surface area (Å²) in [6, 6.07) is 13.6. The van der Waals surface area contributed by atoms with Crippen molar-refractivity contribution in [2.75, 3.05) is 5.32 Å². The molecule has 0 bridgehead atoms. The lowest BCUT2D eigenvalue weighted by Crippen LogP contribution is -2.12. The molecule has 1 amide bonds. The Labute approximate surface area is 176 Å². The number of oxazole rings is 1. The fraction of sp³-hybridized carbons (Fsp3) is 0.0870. The molecule has 0 spiro atoms. The van der Waals surface area contributed by atoms with E-state index < -0.39 is 11.6 Å². The van der Waals surface area contributed by atoms with Gasteiger partial charge < -0.3 is 14.5 Å². The van der Waals surface area contributed by atoms with E-state index in [-0.39, 0.29) is 36.0 Å². The molecule has 0 atom stereocenters. The largest absolute Gasteiger partial charge is 0.457 e. The van der Waals surface area contributed by atoms with E-state index in [0.29, 0.717) is 17.2 Å². The number of anilines is 1. The van der Waals surface area contributed by atoms with Crippen LogP contribution in [0.3, 0.4) is 0 Å². The molecular formula is C23H17F2N3O3. The summed E-state index contributed by atoms with van der Waals surface area (Å²) in [5, 5.41) is 2.78. The van der Waals surface area contributed by atoms with Gasteiger partial charge in [-0.2, -0.15) is 0 Å². The number of nitrogens with zero attached hydrogens (tertiary/aromatic N) is 2. The van der Waals surface area contributed by atoms with Crippen molar-refractivity contribution in [3.63, 3.8) is 0 Å². The Bertz CT molecular complexity index is 1180. The summed E-state index contributed by atoms with van der Waals surface area (Å²) in [5.74, 6) is 0.122. The average Bonchev–Trinajstić information content (AvgIpc) is 3.23. The van der Waals surface area contributed by atoms with Crippen molar-refractivity contribution in [1.29, 1.82) is 0 Å². The molecular weight excluding hydrogens is 404 g/mol. The van der Waals surface area contributed by atoms with Gasteiger partial charge in [-0.05, 0) is 48.5 Å². The zero-order valence-electron chi connectivity index (χ0n) is 16.2. The molecule has 0 aliphatic heterocycles. The molecule has 4 aromatic rings. The third-order valence-corrected chi connectivity index (χ3v) is 4.34. The van der Waals surface area contributed by atoms with E-state index in [1.807, 2.05) is 0 Å². The number of pyridine rings is 1. The number of rotatable bonds is 7. The normalized spacial score (nSPS) is 10.6. The van der Waals surface area contributed by atoms with Gasteiger partial charge in [0.05, 0.1) is 11.8 Å². The van der Waals surface area contributed by atoms with Crippen LogP contribution < -0.4 is 10.1 Å². The molecule has 0 aliphatic rings. The van der Waals surface area contributed by atoms with Crippen LogP contribution in [0.15, 0.2) is 77.6 Å². The summed E-state index contributed by atoms with van der Waals surface area (Å²) in [7, 11) is 0. The third kappa shape index (κ3) is 5.30. The van der Waals surface area contributed by atoms with Crippen molar-refractivity contribution >= 4 is 11.6 Å². The van der Waals surface area contributed by atoms with Gasteiger partial charge >= 0.3 is 0 Å². The first kappa shape index (κ1) is 20.2. The maximum absolute atomic E-state index is 13.8. The Morgan fingerprint density at radius 1 is 1.00 bits per heavy atom. The number of aromatic nitrogens is 2. The smallest absolute Gasteiger partial charge is 0.224 e. The molecule has 0 aliphatic carbocycles. The van der Waals surface area contributed by atoms with E-state index in [1.54, 1.807) is 48.8 Å². The third-order valence-electron chi connectivity index (χ3n) is 4.34. The minimum absolute atomic E-state index is 0.110. The summed E-state index contributed by atoms with van der Waals surface area (Å²) in [4.78, 5) is 20.2. The number of halogens is 2. The molecule has 0 unspecified atom stereocenters. The number of hydrogen-bond donors (Lipinski definition) is 1. The number of benzene rings is 2. The van der Waals surface area contributed by atoms with Crippen LogP contribution in [0.1, 0.15) is 12.3 Å². The van der Waals surface area contributed by atoms with Gasteiger partial charge in [0.2, 0.25) is 5.91 Å². The topological polar surface area (TPSA) is 77.2 Å². The highest BCUT2D eigenvalue weighted by atomic mass is 19.1. The number of ether oxygens (including phenoxy) is 1. The van der Waals surface area contributed by atoms with E-state index >= 15 is 0 Å². The molecule has 6 nitrogen and oxygen atoms in total. The molecule has 2 aromatic heterocycles. The monoisotopic (exact) mass is 421 g/mol. The second kappa shape index (κ2) is 9.17. The van der Waals surface area contributed by atoms with Gasteiger partial charge in [0.15, 0.2) is 11.7 Å². The molecule has 0 saturated carbocycles. The maximum Gasteiger partial charge on any atom is 0.224 e. The van der Waals surface area contributed by atoms with Crippen molar-refractivity contribution in [2.24, 2.45) is 0 Å². The van der Waals surface area contributed by atoms with Crippen LogP contribution in [0, 0.1) is 11.6 Å². The summed E-state index contributed by atoms with van der Waals surface area (Å²) in [6.07, 6.45) is 4.98. The maximum atomic E-state index is 13.8. The van der Waals surface area contributed by atoms with E-state index in [4.69, 9.17) is 9.15 Å². The van der Waals surface area contributed by atoms with Gasteiger partial charge in [0.25, 0.3) is 0 Å². The van der Waals surface area contributed by atoms with Crippen LogP contribution in [-0.4, -0.2) is 15.9 Å². The Morgan fingerprint density at radius 3 is 2.48 bits per heavy atom. The fourth-order valence-corrected chi connectivity index (χ4v) is 2.83. The molecule has 156 valence electrons. The Morgan fingerprint density at radius 2 is 1.74 bits per heavy atom. The van der Waals surface area contributed by atoms with Crippen LogP contribution in [0.4, 0.5) is 14.5 Å². The van der Waals surface area contributed by atoms with Gasteiger partial charge in [-0.3, -0.25) is 9.78 Å². The molecule has 31 heavy (non-hydrogen) atoms. The first-order valence-corrected chi connectivity index (χ1v) is 9.45. The predicted molar refractivity (Wildman–Crippen MR) is 110 cm³/mol. The van der Waals surface area contributed by atoms with Gasteiger partial charge in [-0.15, -0.1) is 0 Å². The quantitative estimate of drug-likeness (QED) is 0.434. The Balaban J connectivity index is 1.30. The summed E-state index contributed by atoms with van der Waals surface area (Å²) in [6.45, 7) is 0. The predicted octanol–water partition coefficient (Wildman–Crippen LogP) is 5.38. The highest BCUT2D eigenvalue weighted by Crippen LogP contribution is 2.25. The Kier molecular flexibility index (Phi) is 5.98. The van der Waals surface area contributed by atoms with Gasteiger partial charge in [-0.1, -0.05) is 0 Å². The number of nitrogens with one attached hydrogen (secondary N) is 1. The molecule has 4 rings (SSSR count). The molecule has 0 fully saturated rings. The van der Waals surface area contributed by atoms with Crippen molar-refractivity contribution < 1.29 is 22.7 Å². The highest BCUT2D eigenvalue weighted by Gasteiger charge is 2.13. The van der Waals surface area contributed by atoms with Crippen LogP contribution in [0.5, 0.6) is 11.5 Å². The lowest BCUT2D eigenvalue weighted by Gasteiger charge is -2.07. The fourth-order valence-electron chi connectivity index (χ4n) is 2.83. The van der Waals surface area contributed by atoms with Crippen molar-refractivity contribution in [3.05, 3.63) is 90.7 Å². The zero-order valence-corrected chi connectivity index (χ0v) is 16.2. The molecule has 0 saturated heterocycles. The molecule has 2 aromatic carbocycles. The second-order valence-corrected chi connectivity index (χ2v) is 6.60. The second-order valence-electron chi connectivity index (χ2n) is 6.60. The number of carbonyl (C=O) groups excluding carboxylic acids is 1. The average molecular weight is 421 g/mol. The van der Waals surface area contributed by atoms with Gasteiger partial charge in [0.1, 0.15) is 23.1 Å². The van der Waals surface area contributed by atoms with Gasteiger partial charge in [0, 0.05) is 37.0 Å². The molecule has 8 heteroatoms. The van der Waals surface area contributed by atoms with E-state index in [0.717, 1.165) is 12.1 Å². The van der Waals surface area contributed by atoms with Crippen molar-refractivity contribution in [3.8, 4) is 22.8 Å². The first-order valence-electron chi connectivity index (χ1n) is 9.45. The van der Waals surface area contributed by atoms with Crippen LogP contribution >= 0.6 is 0 Å². The number of amides is 1. The molecule has 0 radical (unpaired) electrons. The van der Waals surface area contributed by atoms with E-state index in [9.17, 15) is 13.6 Å². The van der Waals surface area contributed by atoms with Gasteiger partial charge in [-0.25, -0.2) is 13.8 Å². The van der Waals surface area contributed by atoms with Crippen LogP contribution in [0.2, 0.25) is 0 Å². The van der Waals surface area contributed by atoms with Crippen LogP contribution in [0.25, 0.3) is 11.3 Å². The number of aryl methyl sites for hydroxylation is 1. The SMILES string of the molecule is O=C(CCc1ncc(-c2ccc(F)cc2F)o1)Nc1ccc(Oc2ccncc2)cc1. The number of carbonyl (C=O) groups is 1. The minimum Gasteiger partial charge on any atom is -0.457 e. The first-order chi connectivity index (χ1) is 15.1. The lowest BCUT2D eigenvalue weighted by molar-refractivity contribution is -0.116. The van der Waals surface area contributed by atoms with Crippen LogP contribution in [-0.2, 0) is 11.2 Å². The lowest BCUT2D eigenvalue weighted by atomic mass is 10.2. The summed E-state index contributed by atoms with van der Waals surface area (Å²) >= 11 is 0. The minimum atomic E-state index is -0.739. The van der Waals surface area contributed by atoms with Crippen molar-refractivity contribution in [2.45, 2.75) is 12.8 Å². The van der Waals surface area contributed by atoms with E-state index in [2.05, 4.69) is 15.3 Å².